The van der Waals surface area contributed by atoms with Crippen LogP contribution in [0.15, 0.2) is 35.3 Å². The molecule has 0 atom stereocenters. The van der Waals surface area contributed by atoms with Crippen LogP contribution in [0.3, 0.4) is 0 Å². The maximum Gasteiger partial charge on any atom is 0.341 e. The Morgan fingerprint density at radius 1 is 1.33 bits per heavy atom. The number of benzene rings is 1. The van der Waals surface area contributed by atoms with Crippen LogP contribution in [0, 0.1) is 0 Å². The van der Waals surface area contributed by atoms with Crippen LogP contribution < -0.4 is 5.43 Å². The molecule has 0 amide bonds. The summed E-state index contributed by atoms with van der Waals surface area (Å²) >= 11 is 0. The number of halogens is 1. The number of aromatic carboxylic acids is 1. The van der Waals surface area contributed by atoms with Gasteiger partial charge < -0.3 is 9.67 Å². The molecule has 2 rings (SSSR count). The summed E-state index contributed by atoms with van der Waals surface area (Å²) in [6.45, 7) is 2.53. The summed E-state index contributed by atoms with van der Waals surface area (Å²) in [4.78, 5) is 22.8. The van der Waals surface area contributed by atoms with E-state index in [4.69, 9.17) is 5.11 Å². The highest BCUT2D eigenvalue weighted by atomic mass is 19.1. The number of aryl methyl sites for hydroxylation is 1. The smallest absolute Gasteiger partial charge is 0.341 e. The van der Waals surface area contributed by atoms with Crippen molar-refractivity contribution in [2.24, 2.45) is 0 Å². The molecular weight excluding hydrogens is 237 g/mol. The largest absolute Gasteiger partial charge is 0.477 e. The van der Waals surface area contributed by atoms with E-state index >= 15 is 0 Å². The Balaban J connectivity index is 0.000000771. The minimum Gasteiger partial charge on any atom is -0.477 e. The fourth-order valence-corrected chi connectivity index (χ4v) is 1.76. The molecule has 2 aromatic rings. The second-order valence-electron chi connectivity index (χ2n) is 3.48. The van der Waals surface area contributed by atoms with Crippen molar-refractivity contribution in [2.45, 2.75) is 13.5 Å². The number of hydrogen-bond donors (Lipinski definition) is 1. The SMILES string of the molecule is CCn1cc(C(=O)O)c(=O)c2ccccc21.CF. The van der Waals surface area contributed by atoms with E-state index < -0.39 is 11.4 Å². The Morgan fingerprint density at radius 3 is 2.50 bits per heavy atom. The highest BCUT2D eigenvalue weighted by Gasteiger charge is 2.12. The van der Waals surface area contributed by atoms with Gasteiger partial charge in [-0.15, -0.1) is 0 Å². The molecule has 0 fully saturated rings. The molecule has 0 aliphatic carbocycles. The minimum atomic E-state index is -1.18. The third-order valence-electron chi connectivity index (χ3n) is 2.56. The molecule has 0 saturated heterocycles. The predicted molar refractivity (Wildman–Crippen MR) is 67.9 cm³/mol. The molecule has 1 heterocycles. The maximum absolute atomic E-state index is 11.8. The Morgan fingerprint density at radius 2 is 1.94 bits per heavy atom. The van der Waals surface area contributed by atoms with Crippen LogP contribution in [0.1, 0.15) is 17.3 Å². The molecule has 0 spiro atoms. The third kappa shape index (κ3) is 2.40. The summed E-state index contributed by atoms with van der Waals surface area (Å²) in [7, 11) is 0.500. The first-order chi connectivity index (χ1) is 8.65. The summed E-state index contributed by atoms with van der Waals surface area (Å²) in [5.41, 5.74) is 0.161. The van der Waals surface area contributed by atoms with E-state index in [2.05, 4.69) is 0 Å². The van der Waals surface area contributed by atoms with Gasteiger partial charge in [0.2, 0.25) is 5.43 Å². The van der Waals surface area contributed by atoms with Crippen molar-refractivity contribution in [3.63, 3.8) is 0 Å². The second-order valence-corrected chi connectivity index (χ2v) is 3.48. The number of hydrogen-bond acceptors (Lipinski definition) is 2. The summed E-state index contributed by atoms with van der Waals surface area (Å²) in [6.07, 6.45) is 1.40. The molecule has 0 unspecified atom stereocenters. The standard InChI is InChI=1S/C12H11NO3.CH3F/c1-2-13-7-9(12(15)16)11(14)8-5-3-4-6-10(8)13;1-2/h3-7H,2H2,1H3,(H,15,16);1H3. The number of carboxylic acid groups (broad SMARTS) is 1. The van der Waals surface area contributed by atoms with Crippen molar-refractivity contribution in [3.05, 3.63) is 46.2 Å². The zero-order valence-electron chi connectivity index (χ0n) is 10.2. The van der Waals surface area contributed by atoms with E-state index in [9.17, 15) is 14.0 Å². The van der Waals surface area contributed by atoms with Gasteiger partial charge in [-0.1, -0.05) is 12.1 Å². The highest BCUT2D eigenvalue weighted by Crippen LogP contribution is 2.11. The quantitative estimate of drug-likeness (QED) is 0.891. The van der Waals surface area contributed by atoms with Gasteiger partial charge in [-0.05, 0) is 19.1 Å². The molecule has 96 valence electrons. The van der Waals surface area contributed by atoms with Gasteiger partial charge in [0.25, 0.3) is 0 Å². The van der Waals surface area contributed by atoms with Crippen molar-refractivity contribution < 1.29 is 14.3 Å². The molecule has 5 heteroatoms. The molecule has 1 aromatic carbocycles. The number of carboxylic acids is 1. The monoisotopic (exact) mass is 251 g/mol. The van der Waals surface area contributed by atoms with Crippen molar-refractivity contribution in [1.29, 1.82) is 0 Å². The van der Waals surface area contributed by atoms with Gasteiger partial charge in [-0.3, -0.25) is 9.18 Å². The zero-order chi connectivity index (χ0) is 13.7. The van der Waals surface area contributed by atoms with E-state index in [1.807, 2.05) is 19.1 Å². The number of pyridine rings is 1. The van der Waals surface area contributed by atoms with Crippen molar-refractivity contribution >= 4 is 16.9 Å². The lowest BCUT2D eigenvalue weighted by Gasteiger charge is -2.09. The van der Waals surface area contributed by atoms with Gasteiger partial charge in [0.15, 0.2) is 0 Å². The molecule has 1 aromatic heterocycles. The average Bonchev–Trinajstić information content (AvgIpc) is 2.41. The van der Waals surface area contributed by atoms with Crippen LogP contribution >= 0.6 is 0 Å². The van der Waals surface area contributed by atoms with E-state index in [1.54, 1.807) is 16.7 Å². The van der Waals surface area contributed by atoms with Crippen LogP contribution in [0.4, 0.5) is 4.39 Å². The summed E-state index contributed by atoms with van der Waals surface area (Å²) in [6, 6.07) is 7.02. The normalized spacial score (nSPS) is 9.72. The molecule has 0 aliphatic rings. The zero-order valence-corrected chi connectivity index (χ0v) is 10.2. The fraction of sp³-hybridized carbons (Fsp3) is 0.231. The van der Waals surface area contributed by atoms with Crippen LogP contribution in [0.5, 0.6) is 0 Å². The third-order valence-corrected chi connectivity index (χ3v) is 2.56. The van der Waals surface area contributed by atoms with Gasteiger partial charge >= 0.3 is 5.97 Å². The molecule has 4 nitrogen and oxygen atoms in total. The van der Waals surface area contributed by atoms with Gasteiger partial charge in [-0.25, -0.2) is 4.79 Å². The number of alkyl halides is 1. The molecule has 18 heavy (non-hydrogen) atoms. The van der Waals surface area contributed by atoms with Crippen LogP contribution in [-0.4, -0.2) is 22.8 Å². The van der Waals surface area contributed by atoms with E-state index in [1.165, 1.54) is 6.20 Å². The Bertz CT molecular complexity index is 619. The van der Waals surface area contributed by atoms with Crippen LogP contribution in [-0.2, 0) is 6.54 Å². The molecular formula is C13H14FNO3. The van der Waals surface area contributed by atoms with Gasteiger partial charge in [0.05, 0.1) is 12.7 Å². The lowest BCUT2D eigenvalue weighted by atomic mass is 10.1. The second kappa shape index (κ2) is 5.95. The average molecular weight is 251 g/mol. The summed E-state index contributed by atoms with van der Waals surface area (Å²) in [5, 5.41) is 9.38. The lowest BCUT2D eigenvalue weighted by Crippen LogP contribution is -2.18. The molecule has 0 radical (unpaired) electrons. The number of rotatable bonds is 2. The fourth-order valence-electron chi connectivity index (χ4n) is 1.76. The first-order valence-corrected chi connectivity index (χ1v) is 5.38. The van der Waals surface area contributed by atoms with Crippen molar-refractivity contribution in [3.8, 4) is 0 Å². The maximum atomic E-state index is 11.8. The van der Waals surface area contributed by atoms with Gasteiger partial charge in [0.1, 0.15) is 5.56 Å². The Hall–Kier alpha value is -2.17. The Kier molecular flexibility index (Phi) is 4.59. The highest BCUT2D eigenvalue weighted by molar-refractivity contribution is 5.92. The lowest BCUT2D eigenvalue weighted by molar-refractivity contribution is 0.0695. The van der Waals surface area contributed by atoms with Crippen LogP contribution in [0.2, 0.25) is 0 Å². The summed E-state index contributed by atoms with van der Waals surface area (Å²) in [5.74, 6) is -1.18. The first kappa shape index (κ1) is 13.9. The predicted octanol–water partition coefficient (Wildman–Crippen LogP) is 2.31. The number of fused-ring (bicyclic) bond motifs is 1. The van der Waals surface area contributed by atoms with E-state index in [0.29, 0.717) is 19.1 Å². The van der Waals surface area contributed by atoms with Gasteiger partial charge in [0, 0.05) is 18.1 Å². The number of aromatic nitrogens is 1. The summed E-state index contributed by atoms with van der Waals surface area (Å²) < 4.78 is 11.3. The van der Waals surface area contributed by atoms with E-state index in [-0.39, 0.29) is 5.56 Å². The van der Waals surface area contributed by atoms with Crippen LogP contribution in [0.25, 0.3) is 10.9 Å². The Labute approximate surface area is 103 Å². The molecule has 0 bridgehead atoms. The number of nitrogens with zero attached hydrogens (tertiary/aromatic N) is 1. The van der Waals surface area contributed by atoms with Crippen molar-refractivity contribution in [1.82, 2.24) is 4.57 Å². The number of carbonyl (C=O) groups is 1. The van der Waals surface area contributed by atoms with E-state index in [0.717, 1.165) is 5.52 Å². The first-order valence-electron chi connectivity index (χ1n) is 5.38. The minimum absolute atomic E-state index is 0.180. The molecule has 1 N–H and O–H groups in total. The number of para-hydroxylation sites is 1. The molecule has 0 saturated carbocycles. The van der Waals surface area contributed by atoms with Crippen molar-refractivity contribution in [2.75, 3.05) is 7.18 Å². The topological polar surface area (TPSA) is 59.3 Å². The van der Waals surface area contributed by atoms with Gasteiger partial charge in [-0.2, -0.15) is 0 Å². The molecule has 0 aliphatic heterocycles.